The lowest BCUT2D eigenvalue weighted by atomic mass is 10.2. The first-order valence-corrected chi connectivity index (χ1v) is 8.70. The van der Waals surface area contributed by atoms with Gasteiger partial charge in [0.2, 0.25) is 5.91 Å². The smallest absolute Gasteiger partial charge is 0.260 e. The highest BCUT2D eigenvalue weighted by Gasteiger charge is 2.12. The number of nitrogens with one attached hydrogen (secondary N) is 2. The van der Waals surface area contributed by atoms with Crippen molar-refractivity contribution >= 4 is 11.8 Å². The average Bonchev–Trinajstić information content (AvgIpc) is 3.25. The number of nitrogens with zero attached hydrogens (tertiary/aromatic N) is 3. The van der Waals surface area contributed by atoms with E-state index >= 15 is 0 Å². The van der Waals surface area contributed by atoms with Crippen molar-refractivity contribution in [2.45, 2.75) is 33.2 Å². The van der Waals surface area contributed by atoms with Crippen LogP contribution in [-0.4, -0.2) is 26.6 Å². The van der Waals surface area contributed by atoms with Crippen LogP contribution in [0.1, 0.15) is 23.7 Å². The Morgan fingerprint density at radius 3 is 2.64 bits per heavy atom. The topological polar surface area (TPSA) is 102 Å². The van der Waals surface area contributed by atoms with Crippen LogP contribution in [0.5, 0.6) is 0 Å². The Kier molecular flexibility index (Phi) is 5.83. The van der Waals surface area contributed by atoms with Crippen LogP contribution in [0.25, 0.3) is 11.3 Å². The maximum absolute atomic E-state index is 13.8. The minimum Gasteiger partial charge on any atom is -0.441 e. The molecule has 146 valence electrons. The van der Waals surface area contributed by atoms with Gasteiger partial charge in [0.15, 0.2) is 11.7 Å². The monoisotopic (exact) mass is 385 g/mol. The van der Waals surface area contributed by atoms with Crippen molar-refractivity contribution in [3.63, 3.8) is 0 Å². The molecule has 0 atom stereocenters. The number of hydrogen-bond acceptors (Lipinski definition) is 5. The van der Waals surface area contributed by atoms with E-state index in [0.717, 1.165) is 11.4 Å². The summed E-state index contributed by atoms with van der Waals surface area (Å²) < 4.78 is 20.8. The molecular weight excluding hydrogens is 365 g/mol. The first kappa shape index (κ1) is 19.3. The van der Waals surface area contributed by atoms with Gasteiger partial charge in [0.05, 0.1) is 17.5 Å². The van der Waals surface area contributed by atoms with Crippen LogP contribution in [0.15, 0.2) is 40.9 Å². The Morgan fingerprint density at radius 1 is 1.18 bits per heavy atom. The Bertz CT molecular complexity index is 995. The number of carbonyl (C=O) groups is 2. The molecule has 28 heavy (non-hydrogen) atoms. The quantitative estimate of drug-likeness (QED) is 0.633. The van der Waals surface area contributed by atoms with E-state index in [2.05, 4.69) is 20.9 Å². The van der Waals surface area contributed by atoms with Gasteiger partial charge >= 0.3 is 0 Å². The summed E-state index contributed by atoms with van der Waals surface area (Å²) in [5.74, 6) is -0.591. The first-order chi connectivity index (χ1) is 13.4. The van der Waals surface area contributed by atoms with Gasteiger partial charge < -0.3 is 4.42 Å². The Hall–Kier alpha value is -3.49. The zero-order valence-electron chi connectivity index (χ0n) is 15.5. The second-order valence-corrected chi connectivity index (χ2v) is 6.28. The highest BCUT2D eigenvalue weighted by atomic mass is 19.1. The predicted octanol–water partition coefficient (Wildman–Crippen LogP) is 2.07. The molecule has 2 amide bonds. The minimum absolute atomic E-state index is 0.00565. The molecule has 0 aliphatic rings. The molecule has 0 aliphatic heterocycles. The molecular formula is C19H20FN5O3. The van der Waals surface area contributed by atoms with Gasteiger partial charge in [-0.1, -0.05) is 12.1 Å². The van der Waals surface area contributed by atoms with Crippen LogP contribution in [-0.2, 0) is 22.6 Å². The summed E-state index contributed by atoms with van der Waals surface area (Å²) in [6, 6.07) is 8.06. The normalized spacial score (nSPS) is 10.7. The molecule has 0 radical (unpaired) electrons. The van der Waals surface area contributed by atoms with E-state index < -0.39 is 17.6 Å². The second-order valence-electron chi connectivity index (χ2n) is 6.28. The predicted molar refractivity (Wildman–Crippen MR) is 98.2 cm³/mol. The third-order valence-corrected chi connectivity index (χ3v) is 4.00. The molecule has 0 fully saturated rings. The largest absolute Gasteiger partial charge is 0.441 e. The number of oxazole rings is 1. The average molecular weight is 385 g/mol. The molecule has 1 aromatic carbocycles. The number of hydrogen-bond donors (Lipinski definition) is 2. The van der Waals surface area contributed by atoms with E-state index in [1.165, 1.54) is 12.3 Å². The molecule has 2 N–H and O–H groups in total. The van der Waals surface area contributed by atoms with Gasteiger partial charge in [-0.05, 0) is 32.0 Å². The van der Waals surface area contributed by atoms with Crippen LogP contribution in [0.3, 0.4) is 0 Å². The number of amides is 2. The number of hydrazine groups is 1. The minimum atomic E-state index is -0.409. The second kappa shape index (κ2) is 8.47. The van der Waals surface area contributed by atoms with Crippen LogP contribution in [0.2, 0.25) is 0 Å². The molecule has 0 bridgehead atoms. The Labute approximate surface area is 160 Å². The number of benzene rings is 1. The molecule has 2 aromatic heterocycles. The van der Waals surface area contributed by atoms with E-state index in [9.17, 15) is 14.0 Å². The maximum Gasteiger partial charge on any atom is 0.260 e. The SMILES string of the molecule is Cc1cc(C)n(CC(=O)NNC(=O)CCc2ncc(-c3ccccc3F)o2)n1. The number of aryl methyl sites for hydroxylation is 3. The third-order valence-electron chi connectivity index (χ3n) is 4.00. The number of rotatable bonds is 6. The van der Waals surface area contributed by atoms with Gasteiger partial charge in [0.1, 0.15) is 12.4 Å². The van der Waals surface area contributed by atoms with E-state index in [-0.39, 0.29) is 19.4 Å². The zero-order chi connectivity index (χ0) is 20.1. The number of carbonyl (C=O) groups excluding carboxylic acids is 2. The maximum atomic E-state index is 13.8. The Balaban J connectivity index is 1.45. The molecule has 8 nitrogen and oxygen atoms in total. The summed E-state index contributed by atoms with van der Waals surface area (Å²) in [4.78, 5) is 27.8. The van der Waals surface area contributed by atoms with Gasteiger partial charge in [-0.25, -0.2) is 9.37 Å². The zero-order valence-corrected chi connectivity index (χ0v) is 15.5. The van der Waals surface area contributed by atoms with Crippen molar-refractivity contribution in [1.82, 2.24) is 25.6 Å². The Morgan fingerprint density at radius 2 is 1.93 bits per heavy atom. The van der Waals surface area contributed by atoms with Crippen LogP contribution in [0, 0.1) is 19.7 Å². The molecule has 9 heteroatoms. The number of halogens is 1. The summed E-state index contributed by atoms with van der Waals surface area (Å²) >= 11 is 0. The van der Waals surface area contributed by atoms with Crippen molar-refractivity contribution in [1.29, 1.82) is 0 Å². The first-order valence-electron chi connectivity index (χ1n) is 8.70. The van der Waals surface area contributed by atoms with Gasteiger partial charge in [-0.3, -0.25) is 25.1 Å². The third kappa shape index (κ3) is 4.81. The summed E-state index contributed by atoms with van der Waals surface area (Å²) in [5, 5.41) is 4.18. The van der Waals surface area contributed by atoms with Gasteiger partial charge in [-0.2, -0.15) is 5.10 Å². The summed E-state index contributed by atoms with van der Waals surface area (Å²) in [6.07, 6.45) is 1.69. The lowest BCUT2D eigenvalue weighted by Gasteiger charge is -2.08. The van der Waals surface area contributed by atoms with E-state index in [1.807, 2.05) is 19.9 Å². The summed E-state index contributed by atoms with van der Waals surface area (Å²) in [6.45, 7) is 3.69. The van der Waals surface area contributed by atoms with Crippen molar-refractivity contribution in [2.75, 3.05) is 0 Å². The van der Waals surface area contributed by atoms with Crippen molar-refractivity contribution in [3.05, 3.63) is 59.6 Å². The van der Waals surface area contributed by atoms with E-state index in [0.29, 0.717) is 17.2 Å². The summed E-state index contributed by atoms with van der Waals surface area (Å²) in [5.41, 5.74) is 6.66. The highest BCUT2D eigenvalue weighted by Crippen LogP contribution is 2.23. The van der Waals surface area contributed by atoms with E-state index in [1.54, 1.807) is 22.9 Å². The van der Waals surface area contributed by atoms with Gasteiger partial charge in [-0.15, -0.1) is 0 Å². The molecule has 3 rings (SSSR count). The molecule has 0 saturated carbocycles. The standard InChI is InChI=1S/C19H20FN5O3/c1-12-9-13(2)25(24-12)11-18(27)23-22-17(26)7-8-19-21-10-16(28-19)14-5-3-4-6-15(14)20/h3-6,9-10H,7-8,11H2,1-2H3,(H,22,26)(H,23,27). The molecule has 0 aliphatic carbocycles. The fraction of sp³-hybridized carbons (Fsp3) is 0.263. The van der Waals surface area contributed by atoms with Crippen molar-refractivity contribution in [3.8, 4) is 11.3 Å². The summed E-state index contributed by atoms with van der Waals surface area (Å²) in [7, 11) is 0. The van der Waals surface area contributed by atoms with E-state index in [4.69, 9.17) is 4.42 Å². The van der Waals surface area contributed by atoms with Crippen molar-refractivity contribution in [2.24, 2.45) is 0 Å². The lowest BCUT2D eigenvalue weighted by Crippen LogP contribution is -2.43. The van der Waals surface area contributed by atoms with Gasteiger partial charge in [0.25, 0.3) is 5.91 Å². The molecule has 2 heterocycles. The molecule has 0 unspecified atom stereocenters. The van der Waals surface area contributed by atoms with Crippen LogP contribution < -0.4 is 10.9 Å². The fourth-order valence-electron chi connectivity index (χ4n) is 2.64. The van der Waals surface area contributed by atoms with Crippen molar-refractivity contribution < 1.29 is 18.4 Å². The number of aromatic nitrogens is 3. The molecule has 0 saturated heterocycles. The molecule has 3 aromatic rings. The highest BCUT2D eigenvalue weighted by molar-refractivity contribution is 5.81. The fourth-order valence-corrected chi connectivity index (χ4v) is 2.64. The molecule has 0 spiro atoms. The van der Waals surface area contributed by atoms with Crippen LogP contribution >= 0.6 is 0 Å². The van der Waals surface area contributed by atoms with Gasteiger partial charge in [0, 0.05) is 18.5 Å². The van der Waals surface area contributed by atoms with Crippen LogP contribution in [0.4, 0.5) is 4.39 Å². The lowest BCUT2D eigenvalue weighted by molar-refractivity contribution is -0.129.